The maximum absolute atomic E-state index is 13.1. The Bertz CT molecular complexity index is 872. The molecule has 1 heterocycles. The SMILES string of the molecule is COc1cc2c(cc1OC)C(=O)C(CC1CCN(Cc3ccc(F)cc3)CC1)C2. The number of methoxy groups -OCH3 is 2. The molecule has 0 spiro atoms. The molecule has 4 rings (SSSR count). The molecular weight excluding hydrogens is 369 g/mol. The highest BCUT2D eigenvalue weighted by Gasteiger charge is 2.34. The number of hydrogen-bond acceptors (Lipinski definition) is 4. The van der Waals surface area contributed by atoms with Crippen LogP contribution < -0.4 is 9.47 Å². The van der Waals surface area contributed by atoms with E-state index in [1.54, 1.807) is 14.2 Å². The maximum Gasteiger partial charge on any atom is 0.166 e. The lowest BCUT2D eigenvalue weighted by molar-refractivity contribution is 0.0895. The van der Waals surface area contributed by atoms with E-state index in [4.69, 9.17) is 9.47 Å². The molecule has 5 heteroatoms. The molecule has 0 radical (unpaired) electrons. The first kappa shape index (κ1) is 19.9. The summed E-state index contributed by atoms with van der Waals surface area (Å²) in [5.74, 6) is 2.00. The van der Waals surface area contributed by atoms with Crippen molar-refractivity contribution >= 4 is 5.78 Å². The van der Waals surface area contributed by atoms with Gasteiger partial charge in [0.1, 0.15) is 5.82 Å². The summed E-state index contributed by atoms with van der Waals surface area (Å²) in [5.41, 5.74) is 3.02. The van der Waals surface area contributed by atoms with Gasteiger partial charge < -0.3 is 9.47 Å². The predicted molar refractivity (Wildman–Crippen MR) is 110 cm³/mol. The van der Waals surface area contributed by atoms with Crippen molar-refractivity contribution in [3.05, 3.63) is 58.9 Å². The lowest BCUT2D eigenvalue weighted by Gasteiger charge is -2.33. The molecule has 0 saturated carbocycles. The third-order valence-electron chi connectivity index (χ3n) is 6.36. The highest BCUT2D eigenvalue weighted by molar-refractivity contribution is 6.02. The van der Waals surface area contributed by atoms with Gasteiger partial charge in [0.2, 0.25) is 0 Å². The Balaban J connectivity index is 1.32. The second-order valence-corrected chi connectivity index (χ2v) is 8.21. The molecule has 1 atom stereocenters. The standard InChI is InChI=1S/C24H28FNO3/c1-28-22-13-18-12-19(24(27)21(18)14-23(22)29-2)11-16-7-9-26(10-8-16)15-17-3-5-20(25)6-4-17/h3-6,13-14,16,19H,7-12,15H2,1-2H3. The molecule has 1 aliphatic carbocycles. The fourth-order valence-electron chi connectivity index (χ4n) is 4.72. The van der Waals surface area contributed by atoms with Crippen LogP contribution in [0.15, 0.2) is 36.4 Å². The average Bonchev–Trinajstić information content (AvgIpc) is 3.04. The largest absolute Gasteiger partial charge is 0.493 e. The number of benzene rings is 2. The highest BCUT2D eigenvalue weighted by Crippen LogP contribution is 2.39. The van der Waals surface area contributed by atoms with Gasteiger partial charge in [-0.3, -0.25) is 9.69 Å². The van der Waals surface area contributed by atoms with Crippen LogP contribution in [0.5, 0.6) is 11.5 Å². The minimum Gasteiger partial charge on any atom is -0.493 e. The number of likely N-dealkylation sites (tertiary alicyclic amines) is 1. The van der Waals surface area contributed by atoms with Crippen LogP contribution in [0.4, 0.5) is 4.39 Å². The van der Waals surface area contributed by atoms with Crippen molar-refractivity contribution in [2.24, 2.45) is 11.8 Å². The molecule has 2 aliphatic rings. The van der Waals surface area contributed by atoms with Gasteiger partial charge in [-0.25, -0.2) is 4.39 Å². The summed E-state index contributed by atoms with van der Waals surface area (Å²) < 4.78 is 23.8. The molecule has 1 fully saturated rings. The van der Waals surface area contributed by atoms with Crippen molar-refractivity contribution in [2.45, 2.75) is 32.2 Å². The van der Waals surface area contributed by atoms with Gasteiger partial charge >= 0.3 is 0 Å². The zero-order valence-corrected chi connectivity index (χ0v) is 17.1. The number of carbonyl (C=O) groups excluding carboxylic acids is 1. The summed E-state index contributed by atoms with van der Waals surface area (Å²) in [7, 11) is 3.22. The molecule has 0 amide bonds. The molecular formula is C24H28FNO3. The molecule has 0 N–H and O–H groups in total. The van der Waals surface area contributed by atoms with Crippen molar-refractivity contribution in [3.63, 3.8) is 0 Å². The van der Waals surface area contributed by atoms with Crippen LogP contribution in [0, 0.1) is 17.7 Å². The van der Waals surface area contributed by atoms with Gasteiger partial charge in [-0.15, -0.1) is 0 Å². The predicted octanol–water partition coefficient (Wildman–Crippen LogP) is 4.50. The van der Waals surface area contributed by atoms with Gasteiger partial charge in [0.15, 0.2) is 17.3 Å². The Labute approximate surface area is 171 Å². The number of ether oxygens (including phenoxy) is 2. The molecule has 2 aromatic carbocycles. The number of carbonyl (C=O) groups is 1. The van der Waals surface area contributed by atoms with Crippen LogP contribution in [0.3, 0.4) is 0 Å². The van der Waals surface area contributed by atoms with E-state index in [0.29, 0.717) is 17.4 Å². The van der Waals surface area contributed by atoms with Crippen molar-refractivity contribution in [1.82, 2.24) is 4.90 Å². The van der Waals surface area contributed by atoms with E-state index in [0.717, 1.165) is 62.0 Å². The number of fused-ring (bicyclic) bond motifs is 1. The third-order valence-corrected chi connectivity index (χ3v) is 6.36. The van der Waals surface area contributed by atoms with E-state index in [1.165, 1.54) is 12.1 Å². The number of Topliss-reactive ketones (excluding diaryl/α,β-unsaturated/α-hetero) is 1. The lowest BCUT2D eigenvalue weighted by Crippen LogP contribution is -2.34. The van der Waals surface area contributed by atoms with Crippen LogP contribution in [-0.4, -0.2) is 38.0 Å². The van der Waals surface area contributed by atoms with Gasteiger partial charge in [-0.2, -0.15) is 0 Å². The summed E-state index contributed by atoms with van der Waals surface area (Å²) in [6, 6.07) is 10.6. The monoisotopic (exact) mass is 397 g/mol. The van der Waals surface area contributed by atoms with Crippen molar-refractivity contribution < 1.29 is 18.7 Å². The van der Waals surface area contributed by atoms with Gasteiger partial charge in [0, 0.05) is 18.0 Å². The number of rotatable bonds is 6. The molecule has 1 aliphatic heterocycles. The first-order valence-electron chi connectivity index (χ1n) is 10.3. The molecule has 29 heavy (non-hydrogen) atoms. The Kier molecular flexibility index (Phi) is 5.86. The number of halogens is 1. The van der Waals surface area contributed by atoms with E-state index in [-0.39, 0.29) is 17.5 Å². The molecule has 0 aromatic heterocycles. The smallest absolute Gasteiger partial charge is 0.166 e. The van der Waals surface area contributed by atoms with Crippen LogP contribution in [0.25, 0.3) is 0 Å². The van der Waals surface area contributed by atoms with Gasteiger partial charge in [0.05, 0.1) is 14.2 Å². The summed E-state index contributed by atoms with van der Waals surface area (Å²) in [4.78, 5) is 15.4. The maximum atomic E-state index is 13.1. The first-order valence-corrected chi connectivity index (χ1v) is 10.3. The molecule has 1 unspecified atom stereocenters. The lowest BCUT2D eigenvalue weighted by atomic mass is 9.85. The van der Waals surface area contributed by atoms with Gasteiger partial charge in [-0.1, -0.05) is 12.1 Å². The summed E-state index contributed by atoms with van der Waals surface area (Å²) in [5, 5.41) is 0. The van der Waals surface area contributed by atoms with E-state index in [1.807, 2.05) is 24.3 Å². The first-order chi connectivity index (χ1) is 14.1. The van der Waals surface area contributed by atoms with Crippen LogP contribution in [0.2, 0.25) is 0 Å². The van der Waals surface area contributed by atoms with Crippen molar-refractivity contribution in [3.8, 4) is 11.5 Å². The van der Waals surface area contributed by atoms with Crippen molar-refractivity contribution in [2.75, 3.05) is 27.3 Å². The molecule has 154 valence electrons. The minimum absolute atomic E-state index is 0.0652. The zero-order chi connectivity index (χ0) is 20.4. The second kappa shape index (κ2) is 8.54. The topological polar surface area (TPSA) is 38.8 Å². The molecule has 4 nitrogen and oxygen atoms in total. The average molecular weight is 397 g/mol. The highest BCUT2D eigenvalue weighted by atomic mass is 19.1. The van der Waals surface area contributed by atoms with Crippen molar-refractivity contribution in [1.29, 1.82) is 0 Å². The number of piperidine rings is 1. The molecule has 0 bridgehead atoms. The summed E-state index contributed by atoms with van der Waals surface area (Å²) >= 11 is 0. The van der Waals surface area contributed by atoms with E-state index < -0.39 is 0 Å². The van der Waals surface area contributed by atoms with Gasteiger partial charge in [0.25, 0.3) is 0 Å². The third kappa shape index (κ3) is 4.30. The summed E-state index contributed by atoms with van der Waals surface area (Å²) in [6.45, 7) is 2.91. The van der Waals surface area contributed by atoms with E-state index >= 15 is 0 Å². The van der Waals surface area contributed by atoms with Crippen LogP contribution >= 0.6 is 0 Å². The number of nitrogens with zero attached hydrogens (tertiary/aromatic N) is 1. The fraction of sp³-hybridized carbons (Fsp3) is 0.458. The number of hydrogen-bond donors (Lipinski definition) is 0. The molecule has 1 saturated heterocycles. The molecule has 2 aromatic rings. The minimum atomic E-state index is -0.190. The Morgan fingerprint density at radius 1 is 1.03 bits per heavy atom. The Hall–Kier alpha value is -2.40. The quantitative estimate of drug-likeness (QED) is 0.719. The van der Waals surface area contributed by atoms with E-state index in [9.17, 15) is 9.18 Å². The normalized spacial score (nSPS) is 20.0. The number of ketones is 1. The fourth-order valence-corrected chi connectivity index (χ4v) is 4.72. The second-order valence-electron chi connectivity index (χ2n) is 8.21. The summed E-state index contributed by atoms with van der Waals surface area (Å²) in [6.07, 6.45) is 3.95. The van der Waals surface area contributed by atoms with Gasteiger partial charge in [-0.05, 0) is 80.1 Å². The van der Waals surface area contributed by atoms with Crippen LogP contribution in [0.1, 0.15) is 40.7 Å². The Morgan fingerprint density at radius 2 is 1.69 bits per heavy atom. The van der Waals surface area contributed by atoms with Crippen LogP contribution in [-0.2, 0) is 13.0 Å². The van der Waals surface area contributed by atoms with E-state index in [2.05, 4.69) is 4.90 Å². The zero-order valence-electron chi connectivity index (χ0n) is 17.1. The Morgan fingerprint density at radius 3 is 2.34 bits per heavy atom.